The first-order valence-corrected chi connectivity index (χ1v) is 10.2. The number of hydrogen-bond acceptors (Lipinski definition) is 5. The van der Waals surface area contributed by atoms with Crippen LogP contribution in [0.4, 0.5) is 8.78 Å². The molecule has 0 amide bonds. The molecule has 4 rings (SSSR count). The molecule has 0 spiro atoms. The number of nitrogens with zero attached hydrogens (tertiary/aromatic N) is 3. The second-order valence-corrected chi connectivity index (χ2v) is 8.56. The molecule has 1 fully saturated rings. The molecule has 0 N–H and O–H groups in total. The van der Waals surface area contributed by atoms with E-state index in [0.29, 0.717) is 30.8 Å². The highest BCUT2D eigenvalue weighted by atomic mass is 32.2. The van der Waals surface area contributed by atoms with Gasteiger partial charge in [-0.2, -0.15) is 9.29 Å². The topological polar surface area (TPSA) is 76.3 Å². The number of benzene rings is 2. The van der Waals surface area contributed by atoms with Crippen molar-refractivity contribution in [1.29, 1.82) is 0 Å². The van der Waals surface area contributed by atoms with Crippen molar-refractivity contribution in [2.75, 3.05) is 13.1 Å². The van der Waals surface area contributed by atoms with Crippen molar-refractivity contribution < 1.29 is 21.7 Å². The van der Waals surface area contributed by atoms with Gasteiger partial charge >= 0.3 is 0 Å². The quantitative estimate of drug-likeness (QED) is 0.663. The molecule has 0 radical (unpaired) electrons. The fourth-order valence-electron chi connectivity index (χ4n) is 3.26. The van der Waals surface area contributed by atoms with Crippen LogP contribution in [-0.4, -0.2) is 36.0 Å². The lowest BCUT2D eigenvalue weighted by atomic mass is 10.00. The van der Waals surface area contributed by atoms with E-state index in [1.54, 1.807) is 12.1 Å². The smallest absolute Gasteiger partial charge is 0.243 e. The first-order valence-electron chi connectivity index (χ1n) is 8.79. The molecule has 1 atom stereocenters. The van der Waals surface area contributed by atoms with Gasteiger partial charge in [0.15, 0.2) is 0 Å². The Bertz CT molecular complexity index is 1080. The third kappa shape index (κ3) is 3.67. The largest absolute Gasteiger partial charge is 0.339 e. The second-order valence-electron chi connectivity index (χ2n) is 6.62. The minimum absolute atomic E-state index is 0.0422. The summed E-state index contributed by atoms with van der Waals surface area (Å²) in [6, 6.07) is 10.6. The van der Waals surface area contributed by atoms with Crippen LogP contribution in [0.25, 0.3) is 11.4 Å². The van der Waals surface area contributed by atoms with Crippen molar-refractivity contribution in [2.45, 2.75) is 23.7 Å². The summed E-state index contributed by atoms with van der Waals surface area (Å²) in [6.45, 7) is 0.547. The number of hydrogen-bond donors (Lipinski definition) is 0. The van der Waals surface area contributed by atoms with Gasteiger partial charge in [-0.25, -0.2) is 17.2 Å². The lowest BCUT2D eigenvalue weighted by Crippen LogP contribution is -2.39. The van der Waals surface area contributed by atoms with Gasteiger partial charge in [-0.15, -0.1) is 0 Å². The summed E-state index contributed by atoms with van der Waals surface area (Å²) in [6.07, 6.45) is 1.32. The molecule has 0 bridgehead atoms. The summed E-state index contributed by atoms with van der Waals surface area (Å²) in [7, 11) is -3.74. The number of rotatable bonds is 4. The molecule has 3 aromatic rings. The molecule has 1 aromatic heterocycles. The highest BCUT2D eigenvalue weighted by molar-refractivity contribution is 7.89. The van der Waals surface area contributed by atoms with Gasteiger partial charge < -0.3 is 4.52 Å². The van der Waals surface area contributed by atoms with E-state index < -0.39 is 21.7 Å². The van der Waals surface area contributed by atoms with Gasteiger partial charge in [-0.3, -0.25) is 0 Å². The van der Waals surface area contributed by atoms with Crippen LogP contribution in [0, 0.1) is 11.6 Å². The number of halogens is 2. The number of sulfonamides is 1. The van der Waals surface area contributed by atoms with Crippen LogP contribution in [0.5, 0.6) is 0 Å². The zero-order valence-corrected chi connectivity index (χ0v) is 15.6. The Balaban J connectivity index is 1.55. The van der Waals surface area contributed by atoms with Crippen LogP contribution in [0.1, 0.15) is 24.7 Å². The first-order chi connectivity index (χ1) is 13.4. The zero-order valence-electron chi connectivity index (χ0n) is 14.8. The minimum Gasteiger partial charge on any atom is -0.339 e. The second kappa shape index (κ2) is 7.40. The third-order valence-corrected chi connectivity index (χ3v) is 6.59. The monoisotopic (exact) mass is 405 g/mol. The summed E-state index contributed by atoms with van der Waals surface area (Å²) in [5, 5.41) is 3.90. The van der Waals surface area contributed by atoms with E-state index in [1.165, 1.54) is 28.6 Å². The average Bonchev–Trinajstić information content (AvgIpc) is 3.19. The minimum atomic E-state index is -3.74. The zero-order chi connectivity index (χ0) is 19.7. The van der Waals surface area contributed by atoms with Gasteiger partial charge in [-0.05, 0) is 49.2 Å². The SMILES string of the molecule is O=S(=O)(c1ccc(F)cc1)N1CCCC(c2nc(-c3cccc(F)c3)no2)C1. The van der Waals surface area contributed by atoms with E-state index in [2.05, 4.69) is 10.1 Å². The molecular weight excluding hydrogens is 388 g/mol. The third-order valence-electron chi connectivity index (χ3n) is 4.71. The van der Waals surface area contributed by atoms with Crippen LogP contribution >= 0.6 is 0 Å². The molecule has 9 heteroatoms. The Morgan fingerprint density at radius 1 is 1.07 bits per heavy atom. The predicted octanol–water partition coefficient (Wildman–Crippen LogP) is 3.58. The van der Waals surface area contributed by atoms with Crippen LogP contribution in [0.2, 0.25) is 0 Å². The van der Waals surface area contributed by atoms with E-state index in [-0.39, 0.29) is 23.2 Å². The summed E-state index contributed by atoms with van der Waals surface area (Å²) in [5.74, 6) is -0.589. The fraction of sp³-hybridized carbons (Fsp3) is 0.263. The average molecular weight is 405 g/mol. The molecular formula is C19H17F2N3O3S. The number of aromatic nitrogens is 2. The summed E-state index contributed by atoms with van der Waals surface area (Å²) in [4.78, 5) is 4.37. The molecule has 1 aliphatic rings. The summed E-state index contributed by atoms with van der Waals surface area (Å²) in [5.41, 5.74) is 0.488. The van der Waals surface area contributed by atoms with E-state index in [1.807, 2.05) is 0 Å². The normalized spacial score (nSPS) is 18.3. The van der Waals surface area contributed by atoms with Crippen molar-refractivity contribution in [3.05, 3.63) is 66.1 Å². The molecule has 1 aliphatic heterocycles. The molecule has 0 saturated carbocycles. The molecule has 6 nitrogen and oxygen atoms in total. The van der Waals surface area contributed by atoms with Crippen molar-refractivity contribution in [1.82, 2.24) is 14.4 Å². The maximum atomic E-state index is 13.4. The van der Waals surface area contributed by atoms with Crippen LogP contribution < -0.4 is 0 Å². The molecule has 1 unspecified atom stereocenters. The maximum Gasteiger partial charge on any atom is 0.243 e. The van der Waals surface area contributed by atoms with Crippen LogP contribution in [0.3, 0.4) is 0 Å². The van der Waals surface area contributed by atoms with Gasteiger partial charge in [0.1, 0.15) is 11.6 Å². The van der Waals surface area contributed by atoms with Crippen LogP contribution in [-0.2, 0) is 10.0 Å². The van der Waals surface area contributed by atoms with Crippen molar-refractivity contribution in [3.8, 4) is 11.4 Å². The highest BCUT2D eigenvalue weighted by Crippen LogP contribution is 2.30. The Kier molecular flexibility index (Phi) is 4.94. The number of piperidine rings is 1. The van der Waals surface area contributed by atoms with Gasteiger partial charge in [0.05, 0.1) is 10.8 Å². The lowest BCUT2D eigenvalue weighted by Gasteiger charge is -2.30. The predicted molar refractivity (Wildman–Crippen MR) is 96.8 cm³/mol. The highest BCUT2D eigenvalue weighted by Gasteiger charge is 2.33. The lowest BCUT2D eigenvalue weighted by molar-refractivity contribution is 0.265. The maximum absolute atomic E-state index is 13.4. The summed E-state index contributed by atoms with van der Waals surface area (Å²) >= 11 is 0. The molecule has 1 saturated heterocycles. The Labute approximate surface area is 160 Å². The van der Waals surface area contributed by atoms with Crippen molar-refractivity contribution >= 4 is 10.0 Å². The fourth-order valence-corrected chi connectivity index (χ4v) is 4.79. The molecule has 2 heterocycles. The van der Waals surface area contributed by atoms with Crippen LogP contribution in [0.15, 0.2) is 57.9 Å². The van der Waals surface area contributed by atoms with E-state index >= 15 is 0 Å². The van der Waals surface area contributed by atoms with Crippen molar-refractivity contribution in [2.24, 2.45) is 0 Å². The van der Waals surface area contributed by atoms with Gasteiger partial charge in [0, 0.05) is 18.7 Å². The Morgan fingerprint density at radius 3 is 2.61 bits per heavy atom. The van der Waals surface area contributed by atoms with Gasteiger partial charge in [0.2, 0.25) is 21.7 Å². The standard InChI is InChI=1S/C19H17F2N3O3S/c20-15-6-8-17(9-7-15)28(25,26)24-10-2-4-14(12-24)19-22-18(23-27-19)13-3-1-5-16(21)11-13/h1,3,5-9,11,14H,2,4,10,12H2. The molecule has 28 heavy (non-hydrogen) atoms. The Hall–Kier alpha value is -2.65. The van der Waals surface area contributed by atoms with Gasteiger partial charge in [0.25, 0.3) is 0 Å². The molecule has 0 aliphatic carbocycles. The Morgan fingerprint density at radius 2 is 1.86 bits per heavy atom. The first kappa shape index (κ1) is 18.7. The summed E-state index contributed by atoms with van der Waals surface area (Å²) < 4.78 is 58.9. The van der Waals surface area contributed by atoms with E-state index in [0.717, 1.165) is 12.1 Å². The van der Waals surface area contributed by atoms with Crippen molar-refractivity contribution in [3.63, 3.8) is 0 Å². The van der Waals surface area contributed by atoms with E-state index in [9.17, 15) is 17.2 Å². The molecule has 2 aromatic carbocycles. The van der Waals surface area contributed by atoms with Gasteiger partial charge in [-0.1, -0.05) is 17.3 Å². The molecule has 146 valence electrons. The van der Waals surface area contributed by atoms with E-state index in [4.69, 9.17) is 4.52 Å².